The van der Waals surface area contributed by atoms with Crippen molar-refractivity contribution in [1.29, 1.82) is 5.26 Å². The summed E-state index contributed by atoms with van der Waals surface area (Å²) in [5.74, 6) is 0.161. The molecule has 1 rings (SSSR count). The number of nitrogens with zero attached hydrogens (tertiary/aromatic N) is 3. The molecule has 4 heteroatoms. The van der Waals surface area contributed by atoms with Crippen molar-refractivity contribution in [3.8, 4) is 6.07 Å². The summed E-state index contributed by atoms with van der Waals surface area (Å²) in [7, 11) is 1.79. The van der Waals surface area contributed by atoms with Crippen molar-refractivity contribution < 1.29 is 4.79 Å². The Kier molecular flexibility index (Phi) is 7.50. The van der Waals surface area contributed by atoms with E-state index in [9.17, 15) is 4.79 Å². The van der Waals surface area contributed by atoms with Crippen LogP contribution in [0.1, 0.15) is 51.9 Å². The van der Waals surface area contributed by atoms with Crippen LogP contribution in [0.3, 0.4) is 0 Å². The number of carbonyl (C=O) groups is 1. The summed E-state index contributed by atoms with van der Waals surface area (Å²) in [5.41, 5.74) is 0. The van der Waals surface area contributed by atoms with Gasteiger partial charge >= 0.3 is 0 Å². The van der Waals surface area contributed by atoms with Crippen LogP contribution in [0.5, 0.6) is 0 Å². The smallest absolute Gasteiger partial charge is 0.223 e. The van der Waals surface area contributed by atoms with Gasteiger partial charge in [-0.1, -0.05) is 19.8 Å². The highest BCUT2D eigenvalue weighted by Crippen LogP contribution is 2.19. The first kappa shape index (κ1) is 16.0. The second-order valence-electron chi connectivity index (χ2n) is 5.42. The Morgan fingerprint density at radius 1 is 1.42 bits per heavy atom. The number of likely N-dealkylation sites (tertiary alicyclic amines) is 1. The van der Waals surface area contributed by atoms with E-state index < -0.39 is 0 Å². The van der Waals surface area contributed by atoms with Crippen molar-refractivity contribution in [3.63, 3.8) is 0 Å². The highest BCUT2D eigenvalue weighted by molar-refractivity contribution is 5.76. The zero-order valence-electron chi connectivity index (χ0n) is 12.4. The monoisotopic (exact) mass is 265 g/mol. The van der Waals surface area contributed by atoms with Crippen molar-refractivity contribution in [1.82, 2.24) is 9.80 Å². The minimum atomic E-state index is 0.161. The van der Waals surface area contributed by atoms with E-state index in [4.69, 9.17) is 5.26 Å². The van der Waals surface area contributed by atoms with Gasteiger partial charge in [0.15, 0.2) is 0 Å². The summed E-state index contributed by atoms with van der Waals surface area (Å²) in [5, 5.41) is 8.53. The molecule has 0 aromatic heterocycles. The van der Waals surface area contributed by atoms with E-state index in [-0.39, 0.29) is 5.91 Å². The Morgan fingerprint density at radius 2 is 2.21 bits per heavy atom. The Bertz CT molecular complexity index is 311. The molecule has 1 saturated heterocycles. The third-order valence-corrected chi connectivity index (χ3v) is 4.07. The highest BCUT2D eigenvalue weighted by atomic mass is 16.2. The minimum absolute atomic E-state index is 0.161. The third kappa shape index (κ3) is 5.61. The molecule has 0 bridgehead atoms. The van der Waals surface area contributed by atoms with Gasteiger partial charge in [-0.05, 0) is 25.8 Å². The van der Waals surface area contributed by atoms with E-state index in [1.54, 1.807) is 11.9 Å². The SMILES string of the molecule is CC[C@@H]1CCCCCN1CCC(=O)N(C)CCC#N. The summed E-state index contributed by atoms with van der Waals surface area (Å²) < 4.78 is 0. The normalized spacial score (nSPS) is 20.6. The molecule has 0 aliphatic carbocycles. The van der Waals surface area contributed by atoms with Gasteiger partial charge in [0.25, 0.3) is 0 Å². The lowest BCUT2D eigenvalue weighted by atomic mass is 10.1. The van der Waals surface area contributed by atoms with Gasteiger partial charge in [0.05, 0.1) is 12.5 Å². The van der Waals surface area contributed by atoms with Gasteiger partial charge in [0.2, 0.25) is 5.91 Å². The Hall–Kier alpha value is -1.08. The lowest BCUT2D eigenvalue weighted by molar-refractivity contribution is -0.130. The summed E-state index contributed by atoms with van der Waals surface area (Å²) in [6.45, 7) is 4.79. The predicted molar refractivity (Wildman–Crippen MR) is 76.6 cm³/mol. The molecule has 0 aromatic rings. The van der Waals surface area contributed by atoms with E-state index in [1.165, 1.54) is 32.1 Å². The van der Waals surface area contributed by atoms with E-state index in [0.717, 1.165) is 13.1 Å². The van der Waals surface area contributed by atoms with Crippen LogP contribution in [0.2, 0.25) is 0 Å². The van der Waals surface area contributed by atoms with Crippen molar-refractivity contribution in [3.05, 3.63) is 0 Å². The van der Waals surface area contributed by atoms with Crippen molar-refractivity contribution in [2.45, 2.75) is 57.9 Å². The van der Waals surface area contributed by atoms with Gasteiger partial charge in [-0.2, -0.15) is 5.26 Å². The predicted octanol–water partition coefficient (Wildman–Crippen LogP) is 2.40. The number of rotatable bonds is 6. The van der Waals surface area contributed by atoms with Crippen LogP contribution in [0.4, 0.5) is 0 Å². The Labute approximate surface area is 117 Å². The quantitative estimate of drug-likeness (QED) is 0.741. The maximum absolute atomic E-state index is 12.0. The van der Waals surface area contributed by atoms with Crippen molar-refractivity contribution in [2.75, 3.05) is 26.7 Å². The van der Waals surface area contributed by atoms with Gasteiger partial charge in [0, 0.05) is 32.6 Å². The van der Waals surface area contributed by atoms with Crippen LogP contribution < -0.4 is 0 Å². The molecule has 1 heterocycles. The maximum Gasteiger partial charge on any atom is 0.223 e. The fourth-order valence-corrected chi connectivity index (χ4v) is 2.77. The molecule has 19 heavy (non-hydrogen) atoms. The van der Waals surface area contributed by atoms with Crippen LogP contribution in [0.15, 0.2) is 0 Å². The molecular weight excluding hydrogens is 238 g/mol. The first-order valence-electron chi connectivity index (χ1n) is 7.54. The highest BCUT2D eigenvalue weighted by Gasteiger charge is 2.20. The van der Waals surface area contributed by atoms with Crippen molar-refractivity contribution >= 4 is 5.91 Å². The standard InChI is InChI=1S/C15H27N3O/c1-3-14-8-5-4-6-12-18(14)13-9-15(19)17(2)11-7-10-16/h14H,3-9,11-13H2,1-2H3/t14-/m1/s1. The van der Waals surface area contributed by atoms with E-state index in [1.807, 2.05) is 0 Å². The molecule has 4 nitrogen and oxygen atoms in total. The Morgan fingerprint density at radius 3 is 2.89 bits per heavy atom. The Balaban J connectivity index is 2.36. The van der Waals surface area contributed by atoms with Gasteiger partial charge in [-0.25, -0.2) is 0 Å². The molecular formula is C15H27N3O. The van der Waals surface area contributed by atoms with E-state index >= 15 is 0 Å². The van der Waals surface area contributed by atoms with Crippen LogP contribution >= 0.6 is 0 Å². The van der Waals surface area contributed by atoms with Crippen LogP contribution in [0.25, 0.3) is 0 Å². The molecule has 1 fully saturated rings. The lowest BCUT2D eigenvalue weighted by Gasteiger charge is -2.29. The largest absolute Gasteiger partial charge is 0.345 e. The number of hydrogen-bond acceptors (Lipinski definition) is 3. The minimum Gasteiger partial charge on any atom is -0.345 e. The first-order chi connectivity index (χ1) is 9.19. The second-order valence-corrected chi connectivity index (χ2v) is 5.42. The third-order valence-electron chi connectivity index (χ3n) is 4.07. The maximum atomic E-state index is 12.0. The molecule has 0 saturated carbocycles. The molecule has 1 aliphatic heterocycles. The summed E-state index contributed by atoms with van der Waals surface area (Å²) in [6.07, 6.45) is 7.36. The summed E-state index contributed by atoms with van der Waals surface area (Å²) in [6, 6.07) is 2.73. The molecule has 0 spiro atoms. The number of nitriles is 1. The van der Waals surface area contributed by atoms with Gasteiger partial charge in [-0.15, -0.1) is 0 Å². The fourth-order valence-electron chi connectivity index (χ4n) is 2.77. The van der Waals surface area contributed by atoms with Crippen molar-refractivity contribution in [2.24, 2.45) is 0 Å². The van der Waals surface area contributed by atoms with Gasteiger partial charge < -0.3 is 4.90 Å². The zero-order chi connectivity index (χ0) is 14.1. The fraction of sp³-hybridized carbons (Fsp3) is 0.867. The molecule has 0 unspecified atom stereocenters. The first-order valence-corrected chi connectivity index (χ1v) is 7.54. The molecule has 0 aromatic carbocycles. The van der Waals surface area contributed by atoms with Gasteiger partial charge in [0.1, 0.15) is 0 Å². The van der Waals surface area contributed by atoms with Gasteiger partial charge in [-0.3, -0.25) is 9.69 Å². The molecule has 1 amide bonds. The summed E-state index contributed by atoms with van der Waals surface area (Å²) >= 11 is 0. The van der Waals surface area contributed by atoms with Crippen LogP contribution in [-0.4, -0.2) is 48.4 Å². The summed E-state index contributed by atoms with van der Waals surface area (Å²) in [4.78, 5) is 16.1. The van der Waals surface area contributed by atoms with E-state index in [2.05, 4.69) is 17.9 Å². The number of amides is 1. The molecule has 1 atom stereocenters. The zero-order valence-corrected chi connectivity index (χ0v) is 12.4. The van der Waals surface area contributed by atoms with E-state index in [0.29, 0.717) is 25.4 Å². The average Bonchev–Trinajstić information content (AvgIpc) is 2.66. The average molecular weight is 265 g/mol. The second kappa shape index (κ2) is 8.92. The lowest BCUT2D eigenvalue weighted by Crippen LogP contribution is -2.38. The topological polar surface area (TPSA) is 47.3 Å². The number of hydrogen-bond donors (Lipinski definition) is 0. The molecule has 1 aliphatic rings. The van der Waals surface area contributed by atoms with Crippen LogP contribution in [0, 0.1) is 11.3 Å². The molecule has 0 radical (unpaired) electrons. The van der Waals surface area contributed by atoms with Crippen LogP contribution in [-0.2, 0) is 4.79 Å². The number of carbonyl (C=O) groups excluding carboxylic acids is 1. The molecule has 108 valence electrons. The molecule has 0 N–H and O–H groups in total.